The van der Waals surface area contributed by atoms with E-state index in [2.05, 4.69) is 6.92 Å². The molecule has 1 aliphatic heterocycles. The molecule has 1 rings (SSSR count). The van der Waals surface area contributed by atoms with Gasteiger partial charge in [0.05, 0.1) is 5.88 Å². The van der Waals surface area contributed by atoms with Crippen molar-refractivity contribution in [2.45, 2.75) is 13.8 Å². The highest BCUT2D eigenvalue weighted by molar-refractivity contribution is 7.99. The second-order valence-electron chi connectivity index (χ2n) is 2.76. The van der Waals surface area contributed by atoms with Gasteiger partial charge in [-0.15, -0.1) is 11.8 Å². The molecule has 0 bridgehead atoms. The highest BCUT2D eigenvalue weighted by atomic mass is 32.2. The number of carbonyl (C=O) groups is 1. The minimum atomic E-state index is 0.0923. The lowest BCUT2D eigenvalue weighted by atomic mass is 10.6. The molecule has 0 aliphatic carbocycles. The van der Waals surface area contributed by atoms with Crippen molar-refractivity contribution < 1.29 is 9.53 Å². The summed E-state index contributed by atoms with van der Waals surface area (Å²) in [6, 6.07) is 0.0923. The first-order valence-corrected chi connectivity index (χ1v) is 5.64. The predicted molar refractivity (Wildman–Crippen MR) is 53.4 cm³/mol. The van der Waals surface area contributed by atoms with Crippen LogP contribution in [0.5, 0.6) is 0 Å². The molecule has 1 saturated heterocycles. The number of ether oxygens (including phenoxy) is 1. The molecule has 1 heterocycles. The van der Waals surface area contributed by atoms with E-state index in [0.29, 0.717) is 20.0 Å². The lowest BCUT2D eigenvalue weighted by Gasteiger charge is -2.34. The fraction of sp³-hybridized carbons (Fsp3) is 0.875. The van der Waals surface area contributed by atoms with Crippen molar-refractivity contribution in [2.75, 3.05) is 31.6 Å². The monoisotopic (exact) mass is 204 g/mol. The van der Waals surface area contributed by atoms with Crippen LogP contribution in [0.4, 0.5) is 4.79 Å². The van der Waals surface area contributed by atoms with Crippen LogP contribution in [0.25, 0.3) is 0 Å². The molecular formula is C8H16N2O2S. The molecule has 1 fully saturated rings. The van der Waals surface area contributed by atoms with Gasteiger partial charge in [-0.2, -0.15) is 0 Å². The Balaban J connectivity index is 2.40. The van der Waals surface area contributed by atoms with Crippen molar-refractivity contribution in [3.63, 3.8) is 0 Å². The van der Waals surface area contributed by atoms with Gasteiger partial charge in [-0.05, 0) is 12.7 Å². The van der Waals surface area contributed by atoms with E-state index in [1.807, 2.05) is 6.92 Å². The largest absolute Gasteiger partial charge is 0.340 e. The van der Waals surface area contributed by atoms with Gasteiger partial charge in [0.15, 0.2) is 0 Å². The quantitative estimate of drug-likeness (QED) is 0.693. The van der Waals surface area contributed by atoms with Gasteiger partial charge >= 0.3 is 6.03 Å². The minimum Gasteiger partial charge on any atom is -0.340 e. The van der Waals surface area contributed by atoms with Gasteiger partial charge in [0, 0.05) is 6.54 Å². The zero-order valence-corrected chi connectivity index (χ0v) is 8.97. The molecule has 0 spiro atoms. The van der Waals surface area contributed by atoms with Gasteiger partial charge in [-0.25, -0.2) is 4.79 Å². The molecule has 13 heavy (non-hydrogen) atoms. The highest BCUT2D eigenvalue weighted by Gasteiger charge is 2.23. The molecule has 76 valence electrons. The smallest absolute Gasteiger partial charge is 0.324 e. The SMILES string of the molecule is CCSCN1COCN(CC)C1=O. The van der Waals surface area contributed by atoms with Crippen molar-refractivity contribution in [1.82, 2.24) is 9.80 Å². The lowest BCUT2D eigenvalue weighted by molar-refractivity contribution is -0.0433. The maximum Gasteiger partial charge on any atom is 0.324 e. The summed E-state index contributed by atoms with van der Waals surface area (Å²) < 4.78 is 5.27. The summed E-state index contributed by atoms with van der Waals surface area (Å²) in [5, 5.41) is 0. The first kappa shape index (κ1) is 10.7. The first-order valence-electron chi connectivity index (χ1n) is 4.49. The standard InChI is InChI=1S/C8H16N2O2S/c1-3-9-5-12-6-10(8(9)11)7-13-4-2/h3-7H2,1-2H3. The number of rotatable bonds is 4. The Kier molecular flexibility index (Phi) is 4.38. The van der Waals surface area contributed by atoms with Crippen molar-refractivity contribution >= 4 is 17.8 Å². The molecular weight excluding hydrogens is 188 g/mol. The summed E-state index contributed by atoms with van der Waals surface area (Å²) in [5.41, 5.74) is 0. The van der Waals surface area contributed by atoms with Crippen molar-refractivity contribution in [3.05, 3.63) is 0 Å². The molecule has 0 N–H and O–H groups in total. The molecule has 0 atom stereocenters. The van der Waals surface area contributed by atoms with Crippen LogP contribution in [0.3, 0.4) is 0 Å². The maximum atomic E-state index is 11.6. The van der Waals surface area contributed by atoms with E-state index in [-0.39, 0.29) is 6.03 Å². The van der Waals surface area contributed by atoms with Gasteiger partial charge in [0.25, 0.3) is 0 Å². The Morgan fingerprint density at radius 3 is 2.69 bits per heavy atom. The van der Waals surface area contributed by atoms with Crippen LogP contribution < -0.4 is 0 Å². The van der Waals surface area contributed by atoms with E-state index in [9.17, 15) is 4.79 Å². The number of nitrogens with zero attached hydrogens (tertiary/aromatic N) is 2. The molecule has 1 aliphatic rings. The highest BCUT2D eigenvalue weighted by Crippen LogP contribution is 2.11. The van der Waals surface area contributed by atoms with Crippen LogP contribution in [0.1, 0.15) is 13.8 Å². The van der Waals surface area contributed by atoms with Crippen LogP contribution in [-0.2, 0) is 4.74 Å². The molecule has 0 aromatic rings. The molecule has 0 aromatic heterocycles. The molecule has 0 radical (unpaired) electrons. The average Bonchev–Trinajstić information content (AvgIpc) is 2.16. The van der Waals surface area contributed by atoms with E-state index in [1.54, 1.807) is 21.6 Å². The lowest BCUT2D eigenvalue weighted by Crippen LogP contribution is -2.50. The Morgan fingerprint density at radius 2 is 2.08 bits per heavy atom. The summed E-state index contributed by atoms with van der Waals surface area (Å²) in [4.78, 5) is 15.0. The number of hydrogen-bond donors (Lipinski definition) is 0. The van der Waals surface area contributed by atoms with Gasteiger partial charge in [0.2, 0.25) is 0 Å². The predicted octanol–water partition coefficient (Wildman–Crippen LogP) is 1.39. The van der Waals surface area contributed by atoms with Gasteiger partial charge in [-0.3, -0.25) is 4.90 Å². The second-order valence-corrected chi connectivity index (χ2v) is 4.01. The summed E-state index contributed by atoms with van der Waals surface area (Å²) in [7, 11) is 0. The fourth-order valence-corrected chi connectivity index (χ4v) is 1.68. The third-order valence-electron chi connectivity index (χ3n) is 1.87. The summed E-state index contributed by atoms with van der Waals surface area (Å²) in [6.45, 7) is 5.62. The van der Waals surface area contributed by atoms with Crippen molar-refractivity contribution in [3.8, 4) is 0 Å². The molecule has 4 nitrogen and oxygen atoms in total. The van der Waals surface area contributed by atoms with Crippen LogP contribution in [0, 0.1) is 0 Å². The van der Waals surface area contributed by atoms with Crippen molar-refractivity contribution in [1.29, 1.82) is 0 Å². The van der Waals surface area contributed by atoms with Crippen LogP contribution in [-0.4, -0.2) is 47.5 Å². The zero-order chi connectivity index (χ0) is 9.68. The molecule has 5 heteroatoms. The van der Waals surface area contributed by atoms with E-state index < -0.39 is 0 Å². The minimum absolute atomic E-state index is 0.0923. The third kappa shape index (κ3) is 2.77. The Labute approximate surface area is 83.2 Å². The normalized spacial score (nSPS) is 18.2. The topological polar surface area (TPSA) is 32.8 Å². The van der Waals surface area contributed by atoms with Gasteiger partial charge < -0.3 is 9.64 Å². The summed E-state index contributed by atoms with van der Waals surface area (Å²) >= 11 is 1.73. The van der Waals surface area contributed by atoms with Gasteiger partial charge in [0.1, 0.15) is 13.5 Å². The average molecular weight is 204 g/mol. The fourth-order valence-electron chi connectivity index (χ4n) is 1.09. The van der Waals surface area contributed by atoms with Crippen molar-refractivity contribution in [2.24, 2.45) is 0 Å². The van der Waals surface area contributed by atoms with E-state index >= 15 is 0 Å². The van der Waals surface area contributed by atoms with E-state index in [0.717, 1.165) is 11.6 Å². The molecule has 0 saturated carbocycles. The first-order chi connectivity index (χ1) is 6.29. The summed E-state index contributed by atoms with van der Waals surface area (Å²) in [5.74, 6) is 1.75. The number of urea groups is 1. The summed E-state index contributed by atoms with van der Waals surface area (Å²) in [6.07, 6.45) is 0. The van der Waals surface area contributed by atoms with E-state index in [1.165, 1.54) is 0 Å². The Hall–Kier alpha value is -0.420. The Bertz CT molecular complexity index is 178. The van der Waals surface area contributed by atoms with Crippen LogP contribution in [0.15, 0.2) is 0 Å². The van der Waals surface area contributed by atoms with Crippen LogP contribution in [0.2, 0.25) is 0 Å². The Morgan fingerprint density at radius 1 is 1.38 bits per heavy atom. The maximum absolute atomic E-state index is 11.6. The number of thioether (sulfide) groups is 1. The molecule has 2 amide bonds. The third-order valence-corrected chi connectivity index (χ3v) is 2.77. The molecule has 0 aromatic carbocycles. The van der Waals surface area contributed by atoms with E-state index in [4.69, 9.17) is 4.74 Å². The number of hydrogen-bond acceptors (Lipinski definition) is 3. The number of amides is 2. The zero-order valence-electron chi connectivity index (χ0n) is 8.15. The number of carbonyl (C=O) groups excluding carboxylic acids is 1. The second kappa shape index (κ2) is 5.34. The van der Waals surface area contributed by atoms with Gasteiger partial charge in [-0.1, -0.05) is 6.92 Å². The van der Waals surface area contributed by atoms with Crippen LogP contribution >= 0.6 is 11.8 Å². The molecule has 0 unspecified atom stereocenters.